The molecule has 140 valence electrons. The van der Waals surface area contributed by atoms with Gasteiger partial charge < -0.3 is 4.42 Å². The molecule has 3 aromatic carbocycles. The van der Waals surface area contributed by atoms with Crippen molar-refractivity contribution in [1.29, 1.82) is 0 Å². The van der Waals surface area contributed by atoms with Gasteiger partial charge in [0.15, 0.2) is 0 Å². The molecule has 0 N–H and O–H groups in total. The Morgan fingerprint density at radius 1 is 0.759 bits per heavy atom. The number of carbonyl (C=O) groups is 1. The third kappa shape index (κ3) is 2.61. The Morgan fingerprint density at radius 2 is 1.31 bits per heavy atom. The van der Waals surface area contributed by atoms with Crippen LogP contribution in [0.3, 0.4) is 0 Å². The zero-order chi connectivity index (χ0) is 20.0. The molecule has 0 atom stereocenters. The lowest BCUT2D eigenvalue weighted by atomic mass is 9.93. The van der Waals surface area contributed by atoms with E-state index in [1.54, 1.807) is 0 Å². The van der Waals surface area contributed by atoms with Crippen LogP contribution in [0, 0.1) is 0 Å². The molecule has 4 heteroatoms. The predicted molar refractivity (Wildman–Crippen MR) is 115 cm³/mol. The van der Waals surface area contributed by atoms with E-state index in [2.05, 4.69) is 0 Å². The number of hydrogen-bond donors (Lipinski definition) is 0. The molecule has 0 amide bonds. The SMILES string of the molecule is CC(=O)n1c2ccccc2c2c(-c3ccccc3)c(-c3ccccc3)c(=O)oc21. The van der Waals surface area contributed by atoms with Crippen LogP contribution in [0.15, 0.2) is 94.1 Å². The minimum Gasteiger partial charge on any atom is -0.404 e. The van der Waals surface area contributed by atoms with Crippen LogP contribution in [0.4, 0.5) is 0 Å². The van der Waals surface area contributed by atoms with E-state index >= 15 is 0 Å². The van der Waals surface area contributed by atoms with Gasteiger partial charge in [-0.2, -0.15) is 0 Å². The molecule has 0 saturated carbocycles. The fraction of sp³-hybridized carbons (Fsp3) is 0.0400. The van der Waals surface area contributed by atoms with Crippen LogP contribution in [0.5, 0.6) is 0 Å². The predicted octanol–water partition coefficient (Wildman–Crippen LogP) is 5.74. The van der Waals surface area contributed by atoms with E-state index < -0.39 is 5.63 Å². The summed E-state index contributed by atoms with van der Waals surface area (Å²) in [6, 6.07) is 26.9. The molecule has 2 aromatic heterocycles. The van der Waals surface area contributed by atoms with Crippen molar-refractivity contribution in [1.82, 2.24) is 4.57 Å². The van der Waals surface area contributed by atoms with Crippen molar-refractivity contribution in [3.8, 4) is 22.3 Å². The smallest absolute Gasteiger partial charge is 0.346 e. The summed E-state index contributed by atoms with van der Waals surface area (Å²) in [4.78, 5) is 25.6. The molecule has 5 rings (SSSR count). The normalized spacial score (nSPS) is 11.2. The highest BCUT2D eigenvalue weighted by molar-refractivity contribution is 6.18. The Bertz CT molecular complexity index is 1430. The largest absolute Gasteiger partial charge is 0.404 e. The molecular formula is C25H17NO3. The molecule has 0 saturated heterocycles. The topological polar surface area (TPSA) is 52.2 Å². The van der Waals surface area contributed by atoms with Gasteiger partial charge in [-0.15, -0.1) is 0 Å². The van der Waals surface area contributed by atoms with Crippen LogP contribution in [-0.4, -0.2) is 10.5 Å². The van der Waals surface area contributed by atoms with Gasteiger partial charge in [-0.05, 0) is 17.2 Å². The Balaban J connectivity index is 2.08. The van der Waals surface area contributed by atoms with E-state index in [1.807, 2.05) is 84.9 Å². The molecule has 0 bridgehead atoms. The van der Waals surface area contributed by atoms with Crippen LogP contribution in [0.2, 0.25) is 0 Å². The number of para-hydroxylation sites is 1. The van der Waals surface area contributed by atoms with Gasteiger partial charge in [0.05, 0.1) is 16.5 Å². The van der Waals surface area contributed by atoms with E-state index in [0.29, 0.717) is 5.56 Å². The van der Waals surface area contributed by atoms with Gasteiger partial charge in [0, 0.05) is 17.9 Å². The number of carbonyl (C=O) groups excluding carboxylic acids is 1. The summed E-state index contributed by atoms with van der Waals surface area (Å²) in [6.45, 7) is 1.47. The number of nitrogens with zero attached hydrogens (tertiary/aromatic N) is 1. The highest BCUT2D eigenvalue weighted by Crippen LogP contribution is 2.40. The van der Waals surface area contributed by atoms with Crippen LogP contribution >= 0.6 is 0 Å². The van der Waals surface area contributed by atoms with Gasteiger partial charge >= 0.3 is 5.63 Å². The van der Waals surface area contributed by atoms with Crippen molar-refractivity contribution < 1.29 is 9.21 Å². The van der Waals surface area contributed by atoms with Crippen molar-refractivity contribution in [2.75, 3.05) is 0 Å². The van der Waals surface area contributed by atoms with Crippen molar-refractivity contribution in [3.63, 3.8) is 0 Å². The lowest BCUT2D eigenvalue weighted by Crippen LogP contribution is -2.10. The first kappa shape index (κ1) is 17.2. The van der Waals surface area contributed by atoms with Crippen LogP contribution < -0.4 is 5.63 Å². The second-order valence-electron chi connectivity index (χ2n) is 6.92. The number of fused-ring (bicyclic) bond motifs is 3. The minimum atomic E-state index is -0.465. The number of aromatic nitrogens is 1. The fourth-order valence-electron chi connectivity index (χ4n) is 3.99. The summed E-state index contributed by atoms with van der Waals surface area (Å²) in [5.41, 5.74) is 3.49. The average Bonchev–Trinajstić information content (AvgIpc) is 3.08. The second kappa shape index (κ2) is 6.60. The van der Waals surface area contributed by atoms with Gasteiger partial charge in [-0.1, -0.05) is 78.9 Å². The van der Waals surface area contributed by atoms with E-state index in [1.165, 1.54) is 11.5 Å². The molecule has 0 aliphatic carbocycles. The summed E-state index contributed by atoms with van der Waals surface area (Å²) >= 11 is 0. The first-order chi connectivity index (χ1) is 14.2. The van der Waals surface area contributed by atoms with Crippen molar-refractivity contribution >= 4 is 27.9 Å². The van der Waals surface area contributed by atoms with Crippen molar-refractivity contribution in [2.45, 2.75) is 6.92 Å². The molecule has 4 nitrogen and oxygen atoms in total. The first-order valence-electron chi connectivity index (χ1n) is 9.39. The summed E-state index contributed by atoms with van der Waals surface area (Å²) in [5, 5.41) is 1.64. The average molecular weight is 379 g/mol. The van der Waals surface area contributed by atoms with E-state index in [-0.39, 0.29) is 11.6 Å². The molecular weight excluding hydrogens is 362 g/mol. The summed E-state index contributed by atoms with van der Waals surface area (Å²) < 4.78 is 7.25. The molecule has 0 spiro atoms. The van der Waals surface area contributed by atoms with Crippen molar-refractivity contribution in [3.05, 3.63) is 95.3 Å². The zero-order valence-corrected chi connectivity index (χ0v) is 15.8. The van der Waals surface area contributed by atoms with Crippen LogP contribution in [0.1, 0.15) is 11.7 Å². The molecule has 0 radical (unpaired) electrons. The standard InChI is InChI=1S/C25H17NO3/c1-16(27)26-20-15-9-8-14-19(20)23-21(17-10-4-2-5-11-17)22(25(28)29-24(23)26)18-12-6-3-7-13-18/h2-15H,1H3. The highest BCUT2D eigenvalue weighted by Gasteiger charge is 2.24. The van der Waals surface area contributed by atoms with E-state index in [0.717, 1.165) is 33.0 Å². The molecule has 29 heavy (non-hydrogen) atoms. The summed E-state index contributed by atoms with van der Waals surface area (Å²) in [6.07, 6.45) is 0. The molecule has 2 heterocycles. The Morgan fingerprint density at radius 3 is 1.93 bits per heavy atom. The second-order valence-corrected chi connectivity index (χ2v) is 6.92. The first-order valence-corrected chi connectivity index (χ1v) is 9.39. The van der Waals surface area contributed by atoms with Gasteiger partial charge in [0.1, 0.15) is 0 Å². The maximum atomic E-state index is 13.2. The maximum absolute atomic E-state index is 13.2. The van der Waals surface area contributed by atoms with Gasteiger partial charge in [0.25, 0.3) is 0 Å². The van der Waals surface area contributed by atoms with Crippen LogP contribution in [-0.2, 0) is 0 Å². The Kier molecular flexibility index (Phi) is 3.91. The zero-order valence-electron chi connectivity index (χ0n) is 15.8. The summed E-state index contributed by atoms with van der Waals surface area (Å²) in [7, 11) is 0. The van der Waals surface area contributed by atoms with Crippen LogP contribution in [0.25, 0.3) is 44.3 Å². The number of benzene rings is 3. The monoisotopic (exact) mass is 379 g/mol. The highest BCUT2D eigenvalue weighted by atomic mass is 16.4. The van der Waals surface area contributed by atoms with Crippen molar-refractivity contribution in [2.24, 2.45) is 0 Å². The molecule has 0 aliphatic rings. The third-order valence-corrected chi connectivity index (χ3v) is 5.16. The maximum Gasteiger partial charge on any atom is 0.346 e. The molecule has 0 unspecified atom stereocenters. The van der Waals surface area contributed by atoms with Gasteiger partial charge in [-0.3, -0.25) is 4.79 Å². The Hall–Kier alpha value is -3.92. The molecule has 5 aromatic rings. The lowest BCUT2D eigenvalue weighted by molar-refractivity contribution is 0.0943. The summed E-state index contributed by atoms with van der Waals surface area (Å²) in [5.74, 6) is -0.203. The minimum absolute atomic E-state index is 0.203. The van der Waals surface area contributed by atoms with E-state index in [9.17, 15) is 9.59 Å². The molecule has 0 aliphatic heterocycles. The van der Waals surface area contributed by atoms with Gasteiger partial charge in [0.2, 0.25) is 11.6 Å². The number of rotatable bonds is 2. The van der Waals surface area contributed by atoms with E-state index in [4.69, 9.17) is 4.42 Å². The molecule has 0 fully saturated rings. The third-order valence-electron chi connectivity index (χ3n) is 5.16. The lowest BCUT2D eigenvalue weighted by Gasteiger charge is -2.11. The number of hydrogen-bond acceptors (Lipinski definition) is 3. The Labute approximate surface area is 166 Å². The fourth-order valence-corrected chi connectivity index (χ4v) is 3.99. The quantitative estimate of drug-likeness (QED) is 0.393. The van der Waals surface area contributed by atoms with Gasteiger partial charge in [-0.25, -0.2) is 9.36 Å².